The zero-order chi connectivity index (χ0) is 19.1. The first-order chi connectivity index (χ1) is 13.2. The standard InChI is InChI=1S/C18H23N7O2/c1-3-5-13(2)25-15(7-11-21-25)22-18(26)20-10-8-16-23-17(24-27-16)14-6-4-9-19-12-14/h4,6-7,9,11-13H,3,5,8,10H2,1-2H3,(H2,20,22,26)/t13-/m0/s1. The zero-order valence-electron chi connectivity index (χ0n) is 15.4. The Morgan fingerprint density at radius 1 is 1.33 bits per heavy atom. The first-order valence-electron chi connectivity index (χ1n) is 8.98. The van der Waals surface area contributed by atoms with Gasteiger partial charge in [-0.2, -0.15) is 10.1 Å². The van der Waals surface area contributed by atoms with Crippen molar-refractivity contribution < 1.29 is 9.32 Å². The van der Waals surface area contributed by atoms with Gasteiger partial charge in [0, 0.05) is 37.0 Å². The fraction of sp³-hybridized carbons (Fsp3) is 0.389. The van der Waals surface area contributed by atoms with Crippen LogP contribution in [0.4, 0.5) is 10.6 Å². The average Bonchev–Trinajstić information content (AvgIpc) is 3.32. The van der Waals surface area contributed by atoms with Crippen LogP contribution in [0.5, 0.6) is 0 Å². The smallest absolute Gasteiger partial charge is 0.320 e. The Hall–Kier alpha value is -3.23. The molecular weight excluding hydrogens is 346 g/mol. The van der Waals surface area contributed by atoms with Crippen LogP contribution in [-0.2, 0) is 6.42 Å². The average molecular weight is 369 g/mol. The normalized spacial score (nSPS) is 11.9. The maximum absolute atomic E-state index is 12.1. The number of amides is 2. The van der Waals surface area contributed by atoms with Gasteiger partial charge in [0.25, 0.3) is 0 Å². The van der Waals surface area contributed by atoms with E-state index >= 15 is 0 Å². The van der Waals surface area contributed by atoms with Crippen molar-refractivity contribution in [3.63, 3.8) is 0 Å². The lowest BCUT2D eigenvalue weighted by Crippen LogP contribution is -2.31. The number of carbonyl (C=O) groups is 1. The Kier molecular flexibility index (Phi) is 6.14. The van der Waals surface area contributed by atoms with E-state index in [1.807, 2.05) is 16.8 Å². The number of aromatic nitrogens is 5. The molecule has 0 spiro atoms. The molecule has 1 atom stereocenters. The van der Waals surface area contributed by atoms with Crippen molar-refractivity contribution in [1.82, 2.24) is 30.2 Å². The summed E-state index contributed by atoms with van der Waals surface area (Å²) in [7, 11) is 0. The summed E-state index contributed by atoms with van der Waals surface area (Å²) in [4.78, 5) is 20.5. The molecule has 27 heavy (non-hydrogen) atoms. The monoisotopic (exact) mass is 369 g/mol. The molecule has 0 aliphatic carbocycles. The van der Waals surface area contributed by atoms with Gasteiger partial charge in [-0.15, -0.1) is 0 Å². The van der Waals surface area contributed by atoms with Crippen LogP contribution in [0.15, 0.2) is 41.3 Å². The quantitative estimate of drug-likeness (QED) is 0.631. The van der Waals surface area contributed by atoms with Gasteiger partial charge in [0.2, 0.25) is 11.7 Å². The molecule has 142 valence electrons. The zero-order valence-corrected chi connectivity index (χ0v) is 15.4. The highest BCUT2D eigenvalue weighted by Crippen LogP contribution is 2.18. The molecule has 9 nitrogen and oxygen atoms in total. The van der Waals surface area contributed by atoms with Gasteiger partial charge in [-0.05, 0) is 25.5 Å². The summed E-state index contributed by atoms with van der Waals surface area (Å²) in [6.07, 6.45) is 7.52. The van der Waals surface area contributed by atoms with Gasteiger partial charge in [0.1, 0.15) is 5.82 Å². The summed E-state index contributed by atoms with van der Waals surface area (Å²) in [5, 5.41) is 13.8. The van der Waals surface area contributed by atoms with Gasteiger partial charge in [0.15, 0.2) is 0 Å². The van der Waals surface area contributed by atoms with Crippen molar-refractivity contribution in [3.05, 3.63) is 42.7 Å². The molecule has 0 unspecified atom stereocenters. The number of hydrogen-bond donors (Lipinski definition) is 2. The molecule has 0 aliphatic rings. The number of urea groups is 1. The first kappa shape index (κ1) is 18.6. The van der Waals surface area contributed by atoms with Crippen molar-refractivity contribution in [1.29, 1.82) is 0 Å². The molecule has 3 heterocycles. The Morgan fingerprint density at radius 2 is 2.22 bits per heavy atom. The van der Waals surface area contributed by atoms with E-state index in [9.17, 15) is 4.79 Å². The Morgan fingerprint density at radius 3 is 3.00 bits per heavy atom. The fourth-order valence-electron chi connectivity index (χ4n) is 2.72. The molecular formula is C18H23N7O2. The molecule has 9 heteroatoms. The number of carbonyl (C=O) groups excluding carboxylic acids is 1. The minimum atomic E-state index is -0.299. The third-order valence-corrected chi connectivity index (χ3v) is 4.05. The molecule has 3 rings (SSSR count). The van der Waals surface area contributed by atoms with Gasteiger partial charge in [-0.3, -0.25) is 10.3 Å². The summed E-state index contributed by atoms with van der Waals surface area (Å²) in [6, 6.07) is 5.38. The van der Waals surface area contributed by atoms with Gasteiger partial charge in [0.05, 0.1) is 12.2 Å². The summed E-state index contributed by atoms with van der Waals surface area (Å²) in [6.45, 7) is 4.57. The minimum Gasteiger partial charge on any atom is -0.339 e. The number of pyridine rings is 1. The predicted molar refractivity (Wildman–Crippen MR) is 100 cm³/mol. The predicted octanol–water partition coefficient (Wildman–Crippen LogP) is 3.05. The van der Waals surface area contributed by atoms with Crippen molar-refractivity contribution >= 4 is 11.8 Å². The van der Waals surface area contributed by atoms with Gasteiger partial charge < -0.3 is 9.84 Å². The van der Waals surface area contributed by atoms with Crippen LogP contribution in [-0.4, -0.2) is 37.5 Å². The van der Waals surface area contributed by atoms with Crippen LogP contribution in [0.2, 0.25) is 0 Å². The largest absolute Gasteiger partial charge is 0.339 e. The molecule has 0 saturated heterocycles. The van der Waals surface area contributed by atoms with E-state index in [4.69, 9.17) is 4.52 Å². The number of nitrogens with one attached hydrogen (secondary N) is 2. The molecule has 2 amide bonds. The molecule has 0 fully saturated rings. The van der Waals surface area contributed by atoms with Crippen LogP contribution in [0.1, 0.15) is 38.6 Å². The molecule has 0 saturated carbocycles. The second-order valence-electron chi connectivity index (χ2n) is 6.18. The second kappa shape index (κ2) is 8.93. The molecule has 0 bridgehead atoms. The summed E-state index contributed by atoms with van der Waals surface area (Å²) >= 11 is 0. The molecule has 3 aromatic heterocycles. The third kappa shape index (κ3) is 4.90. The minimum absolute atomic E-state index is 0.226. The topological polar surface area (TPSA) is 111 Å². The SMILES string of the molecule is CCC[C@H](C)n1nccc1NC(=O)NCCc1nc(-c2cccnc2)no1. The van der Waals surface area contributed by atoms with Crippen LogP contribution in [0.3, 0.4) is 0 Å². The van der Waals surface area contributed by atoms with E-state index in [-0.39, 0.29) is 12.1 Å². The van der Waals surface area contributed by atoms with E-state index in [0.29, 0.717) is 30.5 Å². The fourth-order valence-corrected chi connectivity index (χ4v) is 2.72. The van der Waals surface area contributed by atoms with E-state index in [1.165, 1.54) is 0 Å². The number of rotatable bonds is 8. The highest BCUT2D eigenvalue weighted by Gasteiger charge is 2.12. The molecule has 0 aliphatic heterocycles. The number of nitrogens with zero attached hydrogens (tertiary/aromatic N) is 5. The van der Waals surface area contributed by atoms with Crippen LogP contribution in [0, 0.1) is 0 Å². The lowest BCUT2D eigenvalue weighted by molar-refractivity contribution is 0.251. The summed E-state index contributed by atoms with van der Waals surface area (Å²) in [5.74, 6) is 1.61. The van der Waals surface area contributed by atoms with E-state index in [2.05, 4.69) is 44.7 Å². The summed E-state index contributed by atoms with van der Waals surface area (Å²) < 4.78 is 7.03. The Balaban J connectivity index is 1.48. The van der Waals surface area contributed by atoms with Crippen molar-refractivity contribution in [2.75, 3.05) is 11.9 Å². The molecule has 0 radical (unpaired) electrons. The van der Waals surface area contributed by atoms with Gasteiger partial charge in [-0.1, -0.05) is 18.5 Å². The maximum Gasteiger partial charge on any atom is 0.320 e. The van der Waals surface area contributed by atoms with E-state index in [0.717, 1.165) is 18.4 Å². The lowest BCUT2D eigenvalue weighted by atomic mass is 10.2. The number of hydrogen-bond acceptors (Lipinski definition) is 6. The highest BCUT2D eigenvalue weighted by molar-refractivity contribution is 5.88. The van der Waals surface area contributed by atoms with Gasteiger partial charge in [-0.25, -0.2) is 9.48 Å². The van der Waals surface area contributed by atoms with E-state index < -0.39 is 0 Å². The van der Waals surface area contributed by atoms with Crippen molar-refractivity contribution in [2.24, 2.45) is 0 Å². The van der Waals surface area contributed by atoms with Crippen LogP contribution >= 0.6 is 0 Å². The number of anilines is 1. The Labute approximate surface area is 157 Å². The highest BCUT2D eigenvalue weighted by atomic mass is 16.5. The van der Waals surface area contributed by atoms with Crippen LogP contribution < -0.4 is 10.6 Å². The van der Waals surface area contributed by atoms with Crippen LogP contribution in [0.25, 0.3) is 11.4 Å². The summed E-state index contributed by atoms with van der Waals surface area (Å²) in [5.41, 5.74) is 0.785. The van der Waals surface area contributed by atoms with E-state index in [1.54, 1.807) is 24.7 Å². The van der Waals surface area contributed by atoms with Gasteiger partial charge >= 0.3 is 6.03 Å². The van der Waals surface area contributed by atoms with Crippen molar-refractivity contribution in [3.8, 4) is 11.4 Å². The molecule has 3 aromatic rings. The van der Waals surface area contributed by atoms with Crippen molar-refractivity contribution in [2.45, 2.75) is 39.2 Å². The first-order valence-corrected chi connectivity index (χ1v) is 8.98. The molecule has 0 aromatic carbocycles. The lowest BCUT2D eigenvalue weighted by Gasteiger charge is -2.15. The maximum atomic E-state index is 12.1. The Bertz CT molecular complexity index is 859. The third-order valence-electron chi connectivity index (χ3n) is 4.05. The molecule has 2 N–H and O–H groups in total. The second-order valence-corrected chi connectivity index (χ2v) is 6.18.